The predicted molar refractivity (Wildman–Crippen MR) is 83.9 cm³/mol. The number of hydrogen-bond donors (Lipinski definition) is 2. The molecule has 0 saturated carbocycles. The van der Waals surface area contributed by atoms with Crippen molar-refractivity contribution in [2.45, 2.75) is 25.4 Å². The minimum absolute atomic E-state index is 0.496. The van der Waals surface area contributed by atoms with Crippen molar-refractivity contribution in [2.24, 2.45) is 0 Å². The highest BCUT2D eigenvalue weighted by atomic mass is 79.9. The Morgan fingerprint density at radius 1 is 1.30 bits per heavy atom. The highest BCUT2D eigenvalue weighted by Gasteiger charge is 2.30. The Hall–Kier alpha value is -0.620. The summed E-state index contributed by atoms with van der Waals surface area (Å²) in [5.41, 5.74) is 0. The molecule has 108 valence electrons. The lowest BCUT2D eigenvalue weighted by molar-refractivity contribution is -0.936. The summed E-state index contributed by atoms with van der Waals surface area (Å²) in [5, 5.41) is 2.41. The van der Waals surface area contributed by atoms with E-state index in [0.717, 1.165) is 18.8 Å². The van der Waals surface area contributed by atoms with Gasteiger partial charge in [-0.3, -0.25) is 0 Å². The Morgan fingerprint density at radius 2 is 2.15 bits per heavy atom. The molecule has 0 aromatic carbocycles. The van der Waals surface area contributed by atoms with E-state index < -0.39 is 0 Å². The van der Waals surface area contributed by atoms with Crippen LogP contribution in [-0.2, 0) is 6.54 Å². The van der Waals surface area contributed by atoms with Gasteiger partial charge in [-0.15, -0.1) is 11.3 Å². The van der Waals surface area contributed by atoms with Crippen molar-refractivity contribution in [1.82, 2.24) is 0 Å². The number of nitrogens with two attached hydrogens (primary N) is 1. The molecule has 1 fully saturated rings. The first kappa shape index (κ1) is 14.3. The van der Waals surface area contributed by atoms with Gasteiger partial charge in [0.1, 0.15) is 13.1 Å². The zero-order valence-electron chi connectivity index (χ0n) is 11.5. The van der Waals surface area contributed by atoms with Gasteiger partial charge < -0.3 is 14.6 Å². The van der Waals surface area contributed by atoms with E-state index in [-0.39, 0.29) is 0 Å². The summed E-state index contributed by atoms with van der Waals surface area (Å²) in [6.07, 6.45) is 4.50. The van der Waals surface area contributed by atoms with Crippen LogP contribution in [0.25, 0.3) is 0 Å². The lowest BCUT2D eigenvalue weighted by Gasteiger charge is -2.21. The summed E-state index contributed by atoms with van der Waals surface area (Å²) in [7, 11) is 0. The fourth-order valence-electron chi connectivity index (χ4n) is 3.00. The van der Waals surface area contributed by atoms with Crippen molar-refractivity contribution in [1.29, 1.82) is 0 Å². The van der Waals surface area contributed by atoms with Crippen LogP contribution < -0.4 is 10.2 Å². The van der Waals surface area contributed by atoms with E-state index in [1.165, 1.54) is 34.6 Å². The lowest BCUT2D eigenvalue weighted by Crippen LogP contribution is -3.13. The minimum Gasteiger partial charge on any atom is -0.463 e. The molecule has 0 unspecified atom stereocenters. The number of thiophene rings is 1. The third-order valence-corrected chi connectivity index (χ3v) is 5.65. The van der Waals surface area contributed by atoms with Crippen LogP contribution in [0.5, 0.6) is 0 Å². The standard InChI is InChI=1S/C15H19BrN2OS/c16-15-6-5-12(20-15)10-17-11-13(14-4-3-9-19-14)18-7-1-2-8-18/h3-6,9,13,17H,1-2,7-8,10-11H2/p+2/t13-/m1/s1. The second-order valence-electron chi connectivity index (χ2n) is 5.37. The van der Waals surface area contributed by atoms with Gasteiger partial charge >= 0.3 is 0 Å². The Labute approximate surface area is 132 Å². The Morgan fingerprint density at radius 3 is 2.80 bits per heavy atom. The summed E-state index contributed by atoms with van der Waals surface area (Å²) in [6, 6.07) is 8.97. The Kier molecular flexibility index (Phi) is 4.94. The van der Waals surface area contributed by atoms with Crippen molar-refractivity contribution < 1.29 is 14.6 Å². The van der Waals surface area contributed by atoms with Crippen molar-refractivity contribution in [2.75, 3.05) is 19.6 Å². The first-order valence-corrected chi connectivity index (χ1v) is 8.88. The Balaban J connectivity index is 1.58. The molecular formula is C15H21BrN2OS+2. The number of likely N-dealkylation sites (tertiary alicyclic amines) is 1. The van der Waals surface area contributed by atoms with Crippen LogP contribution in [0, 0.1) is 0 Å². The summed E-state index contributed by atoms with van der Waals surface area (Å²) >= 11 is 5.35. The molecule has 0 spiro atoms. The molecule has 3 heterocycles. The van der Waals surface area contributed by atoms with Crippen molar-refractivity contribution in [3.8, 4) is 0 Å². The minimum atomic E-state index is 0.496. The number of furan rings is 1. The van der Waals surface area contributed by atoms with Gasteiger partial charge in [0.15, 0.2) is 11.8 Å². The number of quaternary nitrogens is 2. The molecule has 5 heteroatoms. The van der Waals surface area contributed by atoms with Crippen LogP contribution in [0.4, 0.5) is 0 Å². The molecule has 1 atom stereocenters. The summed E-state index contributed by atoms with van der Waals surface area (Å²) < 4.78 is 6.89. The number of rotatable bonds is 6. The van der Waals surface area contributed by atoms with Crippen LogP contribution in [0.2, 0.25) is 0 Å². The van der Waals surface area contributed by atoms with Crippen LogP contribution in [0.3, 0.4) is 0 Å². The van der Waals surface area contributed by atoms with E-state index in [4.69, 9.17) is 4.42 Å². The van der Waals surface area contributed by atoms with Gasteiger partial charge in [0.05, 0.1) is 28.0 Å². The fraction of sp³-hybridized carbons (Fsp3) is 0.467. The van der Waals surface area contributed by atoms with Crippen molar-refractivity contribution >= 4 is 27.3 Å². The maximum Gasteiger partial charge on any atom is 0.195 e. The van der Waals surface area contributed by atoms with Crippen LogP contribution in [0.1, 0.15) is 29.5 Å². The normalized spacial score (nSPS) is 17.6. The molecule has 20 heavy (non-hydrogen) atoms. The monoisotopic (exact) mass is 356 g/mol. The van der Waals surface area contributed by atoms with E-state index in [1.54, 1.807) is 11.2 Å². The predicted octanol–water partition coefficient (Wildman–Crippen LogP) is 1.59. The Bertz CT molecular complexity index is 520. The maximum atomic E-state index is 5.67. The first-order valence-electron chi connectivity index (χ1n) is 7.27. The first-order chi connectivity index (χ1) is 9.83. The molecule has 0 aliphatic carbocycles. The highest BCUT2D eigenvalue weighted by Crippen LogP contribution is 2.21. The van der Waals surface area contributed by atoms with Gasteiger partial charge in [-0.1, -0.05) is 0 Å². The molecule has 2 aromatic rings. The van der Waals surface area contributed by atoms with E-state index >= 15 is 0 Å². The molecule has 1 saturated heterocycles. The second kappa shape index (κ2) is 6.89. The van der Waals surface area contributed by atoms with Crippen LogP contribution in [-0.4, -0.2) is 19.6 Å². The van der Waals surface area contributed by atoms with Crippen molar-refractivity contribution in [3.05, 3.63) is 45.0 Å². The smallest absolute Gasteiger partial charge is 0.195 e. The van der Waals surface area contributed by atoms with E-state index in [2.05, 4.69) is 39.4 Å². The van der Waals surface area contributed by atoms with E-state index in [1.807, 2.05) is 17.4 Å². The number of halogens is 1. The average Bonchev–Trinajstić information content (AvgIpc) is 3.18. The summed E-state index contributed by atoms with van der Waals surface area (Å²) in [5.74, 6) is 1.14. The van der Waals surface area contributed by atoms with Gasteiger partial charge in [-0.2, -0.15) is 0 Å². The molecule has 1 aliphatic rings. The molecule has 2 aromatic heterocycles. The zero-order valence-corrected chi connectivity index (χ0v) is 13.9. The lowest BCUT2D eigenvalue weighted by atomic mass is 10.2. The summed E-state index contributed by atoms with van der Waals surface area (Å²) in [4.78, 5) is 3.11. The maximum absolute atomic E-state index is 5.67. The molecule has 3 rings (SSSR count). The van der Waals surface area contributed by atoms with Gasteiger partial charge in [0.25, 0.3) is 0 Å². The fourth-order valence-corrected chi connectivity index (χ4v) is 4.48. The van der Waals surface area contributed by atoms with Gasteiger partial charge in [0, 0.05) is 12.8 Å². The molecule has 3 nitrogen and oxygen atoms in total. The molecule has 0 radical (unpaired) electrons. The number of nitrogens with one attached hydrogen (secondary N) is 1. The van der Waals surface area contributed by atoms with Gasteiger partial charge in [-0.05, 0) is 40.2 Å². The second-order valence-corrected chi connectivity index (χ2v) is 7.92. The molecule has 0 bridgehead atoms. The third-order valence-electron chi connectivity index (χ3n) is 4.00. The van der Waals surface area contributed by atoms with E-state index in [0.29, 0.717) is 6.04 Å². The SMILES string of the molecule is Brc1ccc(C[NH2+]C[C@H](c2ccco2)[NH+]2CCCC2)s1. The molecule has 1 aliphatic heterocycles. The third kappa shape index (κ3) is 3.52. The highest BCUT2D eigenvalue weighted by molar-refractivity contribution is 9.11. The topological polar surface area (TPSA) is 34.2 Å². The molecular weight excluding hydrogens is 336 g/mol. The number of hydrogen-bond acceptors (Lipinski definition) is 2. The van der Waals surface area contributed by atoms with Crippen LogP contribution in [0.15, 0.2) is 38.7 Å². The zero-order chi connectivity index (χ0) is 13.8. The van der Waals surface area contributed by atoms with Crippen LogP contribution >= 0.6 is 27.3 Å². The largest absolute Gasteiger partial charge is 0.463 e. The van der Waals surface area contributed by atoms with Gasteiger partial charge in [-0.25, -0.2) is 0 Å². The van der Waals surface area contributed by atoms with E-state index in [9.17, 15) is 0 Å². The van der Waals surface area contributed by atoms with Crippen molar-refractivity contribution in [3.63, 3.8) is 0 Å². The average molecular weight is 357 g/mol. The molecule has 0 amide bonds. The summed E-state index contributed by atoms with van der Waals surface area (Å²) in [6.45, 7) is 4.71. The molecule has 3 N–H and O–H groups in total. The van der Waals surface area contributed by atoms with Gasteiger partial charge in [0.2, 0.25) is 0 Å². The quantitative estimate of drug-likeness (QED) is 0.809.